The third-order valence-corrected chi connectivity index (χ3v) is 3.27. The fourth-order valence-corrected chi connectivity index (χ4v) is 2.16. The van der Waals surface area contributed by atoms with Gasteiger partial charge >= 0.3 is 6.09 Å². The molecule has 0 aliphatic carbocycles. The Morgan fingerprint density at radius 2 is 2.05 bits per heavy atom. The highest BCUT2D eigenvalue weighted by Gasteiger charge is 2.39. The number of rotatable bonds is 1. The van der Waals surface area contributed by atoms with Crippen LogP contribution >= 0.6 is 0 Å². The van der Waals surface area contributed by atoms with Crippen LogP contribution in [0.4, 0.5) is 4.79 Å². The number of aryl methyl sites for hydroxylation is 2. The van der Waals surface area contributed by atoms with Gasteiger partial charge in [0, 0.05) is 13.6 Å². The van der Waals surface area contributed by atoms with Gasteiger partial charge in [0.1, 0.15) is 11.4 Å². The molecule has 0 aromatic carbocycles. The summed E-state index contributed by atoms with van der Waals surface area (Å²) >= 11 is 0. The number of likely N-dealkylation sites (tertiary alicyclic amines) is 1. The fraction of sp³-hybridized carbons (Fsp3) is 0.769. The summed E-state index contributed by atoms with van der Waals surface area (Å²) in [5, 5.41) is 14.4. The van der Waals surface area contributed by atoms with Gasteiger partial charge in [-0.3, -0.25) is 4.68 Å². The van der Waals surface area contributed by atoms with E-state index in [1.54, 1.807) is 11.7 Å². The number of aromatic nitrogens is 3. The van der Waals surface area contributed by atoms with Crippen LogP contribution in [0.15, 0.2) is 0 Å². The van der Waals surface area contributed by atoms with Crippen LogP contribution in [0.5, 0.6) is 0 Å². The Morgan fingerprint density at radius 1 is 1.40 bits per heavy atom. The highest BCUT2D eigenvalue weighted by Crippen LogP contribution is 2.26. The normalized spacial score (nSPS) is 23.2. The number of amides is 1. The predicted octanol–water partition coefficient (Wildman–Crippen LogP) is 0.819. The maximum absolute atomic E-state index is 12.0. The van der Waals surface area contributed by atoms with E-state index in [0.29, 0.717) is 12.4 Å². The van der Waals surface area contributed by atoms with Crippen molar-refractivity contribution in [1.29, 1.82) is 0 Å². The first-order valence-electron chi connectivity index (χ1n) is 6.71. The number of hydrogen-bond donors (Lipinski definition) is 1. The number of β-amino-alcohol motifs (C(OH)–C–C–N with tert-alkyl or cyclic N) is 1. The Morgan fingerprint density at radius 3 is 2.55 bits per heavy atom. The van der Waals surface area contributed by atoms with Gasteiger partial charge in [-0.1, -0.05) is 0 Å². The van der Waals surface area contributed by atoms with E-state index in [1.165, 1.54) is 4.90 Å². The molecule has 1 aromatic rings. The van der Waals surface area contributed by atoms with Crippen LogP contribution in [-0.2, 0) is 11.8 Å². The average molecular weight is 282 g/mol. The molecule has 2 rings (SSSR count). The number of ether oxygens (including phenoxy) is 1. The molecule has 1 amide bonds. The van der Waals surface area contributed by atoms with Crippen molar-refractivity contribution in [1.82, 2.24) is 19.7 Å². The summed E-state index contributed by atoms with van der Waals surface area (Å²) in [5.74, 6) is 1.09. The van der Waals surface area contributed by atoms with E-state index in [0.717, 1.165) is 5.82 Å². The number of nitrogens with zero attached hydrogens (tertiary/aromatic N) is 4. The molecule has 7 nitrogen and oxygen atoms in total. The minimum Gasteiger partial charge on any atom is -0.444 e. The van der Waals surface area contributed by atoms with Crippen LogP contribution in [0.1, 0.15) is 38.3 Å². The van der Waals surface area contributed by atoms with Crippen molar-refractivity contribution in [3.63, 3.8) is 0 Å². The Hall–Kier alpha value is -1.63. The molecule has 1 aliphatic rings. The van der Waals surface area contributed by atoms with E-state index >= 15 is 0 Å². The number of aliphatic hydroxyl groups is 1. The number of hydrogen-bond acceptors (Lipinski definition) is 5. The quantitative estimate of drug-likeness (QED) is 0.824. The van der Waals surface area contributed by atoms with Crippen LogP contribution < -0.4 is 0 Å². The molecular weight excluding hydrogens is 260 g/mol. The second kappa shape index (κ2) is 5.05. The third kappa shape index (κ3) is 3.09. The highest BCUT2D eigenvalue weighted by atomic mass is 16.6. The number of carbonyl (C=O) groups excluding carboxylic acids is 1. The molecule has 7 heteroatoms. The molecule has 1 aliphatic heterocycles. The molecule has 1 N–H and O–H groups in total. The lowest BCUT2D eigenvalue weighted by Crippen LogP contribution is -2.35. The minimum absolute atomic E-state index is 0.247. The summed E-state index contributed by atoms with van der Waals surface area (Å²) in [6, 6.07) is 0. The molecule has 0 saturated carbocycles. The highest BCUT2D eigenvalue weighted by molar-refractivity contribution is 5.68. The summed E-state index contributed by atoms with van der Waals surface area (Å²) in [4.78, 5) is 17.8. The minimum atomic E-state index is -0.663. The second-order valence-corrected chi connectivity index (χ2v) is 6.20. The summed E-state index contributed by atoms with van der Waals surface area (Å²) in [5.41, 5.74) is -0.542. The van der Waals surface area contributed by atoms with Crippen molar-refractivity contribution < 1.29 is 14.6 Å². The van der Waals surface area contributed by atoms with E-state index in [4.69, 9.17) is 4.74 Å². The van der Waals surface area contributed by atoms with Gasteiger partial charge < -0.3 is 14.7 Å². The van der Waals surface area contributed by atoms with Crippen molar-refractivity contribution in [2.75, 3.05) is 13.1 Å². The summed E-state index contributed by atoms with van der Waals surface area (Å²) in [6.45, 7) is 7.93. The molecular formula is C13H22N4O3. The van der Waals surface area contributed by atoms with Gasteiger partial charge in [-0.15, -0.1) is 0 Å². The van der Waals surface area contributed by atoms with Crippen LogP contribution in [-0.4, -0.2) is 55.7 Å². The van der Waals surface area contributed by atoms with Crippen molar-refractivity contribution in [2.24, 2.45) is 7.05 Å². The maximum atomic E-state index is 12.0. The fourth-order valence-electron chi connectivity index (χ4n) is 2.16. The monoisotopic (exact) mass is 282 g/mol. The van der Waals surface area contributed by atoms with E-state index in [9.17, 15) is 9.90 Å². The first-order valence-corrected chi connectivity index (χ1v) is 6.71. The predicted molar refractivity (Wildman–Crippen MR) is 72.3 cm³/mol. The van der Waals surface area contributed by atoms with Gasteiger partial charge in [0.25, 0.3) is 0 Å². The van der Waals surface area contributed by atoms with Gasteiger partial charge in [-0.05, 0) is 27.7 Å². The SMILES string of the molecule is Cc1nc([C@@H]2CN(C(=O)OC(C)(C)C)C[C@H]2O)nn1C. The van der Waals surface area contributed by atoms with Crippen LogP contribution in [0.25, 0.3) is 0 Å². The van der Waals surface area contributed by atoms with E-state index < -0.39 is 17.8 Å². The molecule has 2 atom stereocenters. The van der Waals surface area contributed by atoms with Crippen LogP contribution in [0.3, 0.4) is 0 Å². The lowest BCUT2D eigenvalue weighted by atomic mass is 10.1. The molecule has 112 valence electrons. The first kappa shape index (κ1) is 14.8. The van der Waals surface area contributed by atoms with Crippen molar-refractivity contribution >= 4 is 6.09 Å². The molecule has 0 unspecified atom stereocenters. The largest absolute Gasteiger partial charge is 0.444 e. The molecule has 2 heterocycles. The zero-order chi connectivity index (χ0) is 15.1. The Balaban J connectivity index is 2.07. The molecule has 1 aromatic heterocycles. The Bertz CT molecular complexity index is 487. The van der Waals surface area contributed by atoms with Crippen LogP contribution in [0, 0.1) is 6.92 Å². The average Bonchev–Trinajstić information content (AvgIpc) is 2.81. The van der Waals surface area contributed by atoms with Crippen molar-refractivity contribution in [3.05, 3.63) is 11.6 Å². The van der Waals surface area contributed by atoms with E-state index in [-0.39, 0.29) is 12.5 Å². The molecule has 1 saturated heterocycles. The summed E-state index contributed by atoms with van der Waals surface area (Å²) < 4.78 is 6.98. The molecule has 0 bridgehead atoms. The van der Waals surface area contributed by atoms with Crippen molar-refractivity contribution in [3.8, 4) is 0 Å². The topological polar surface area (TPSA) is 80.5 Å². The molecule has 1 fully saturated rings. The number of carbonyl (C=O) groups is 1. The second-order valence-electron chi connectivity index (χ2n) is 6.20. The zero-order valence-electron chi connectivity index (χ0n) is 12.6. The molecule has 0 spiro atoms. The summed E-state index contributed by atoms with van der Waals surface area (Å²) in [7, 11) is 1.80. The van der Waals surface area contributed by atoms with Crippen molar-refractivity contribution in [2.45, 2.75) is 45.3 Å². The lowest BCUT2D eigenvalue weighted by molar-refractivity contribution is 0.0270. The zero-order valence-corrected chi connectivity index (χ0v) is 12.6. The van der Waals surface area contributed by atoms with E-state index in [2.05, 4.69) is 10.1 Å². The van der Waals surface area contributed by atoms with Gasteiger partial charge in [-0.2, -0.15) is 5.10 Å². The summed E-state index contributed by atoms with van der Waals surface area (Å²) in [6.07, 6.45) is -1.07. The maximum Gasteiger partial charge on any atom is 0.410 e. The van der Waals surface area contributed by atoms with Gasteiger partial charge in [0.15, 0.2) is 5.82 Å². The van der Waals surface area contributed by atoms with Crippen LogP contribution in [0.2, 0.25) is 0 Å². The smallest absolute Gasteiger partial charge is 0.410 e. The van der Waals surface area contributed by atoms with E-state index in [1.807, 2.05) is 27.7 Å². The van der Waals surface area contributed by atoms with Gasteiger partial charge in [0.05, 0.1) is 18.6 Å². The Kier molecular flexibility index (Phi) is 3.73. The lowest BCUT2D eigenvalue weighted by Gasteiger charge is -2.24. The molecule has 0 radical (unpaired) electrons. The molecule has 20 heavy (non-hydrogen) atoms. The first-order chi connectivity index (χ1) is 9.17. The Labute approximate surface area is 118 Å². The van der Waals surface area contributed by atoms with Gasteiger partial charge in [-0.25, -0.2) is 9.78 Å². The third-order valence-electron chi connectivity index (χ3n) is 3.27. The number of aliphatic hydroxyl groups excluding tert-OH is 1. The standard InChI is InChI=1S/C13H22N4O3/c1-8-14-11(15-16(8)5)9-6-17(7-10(9)18)12(19)20-13(2,3)4/h9-10,18H,6-7H2,1-5H3/t9-,10-/m1/s1. The van der Waals surface area contributed by atoms with Gasteiger partial charge in [0.2, 0.25) is 0 Å².